The third kappa shape index (κ3) is 3.13. The Morgan fingerprint density at radius 3 is 2.15 bits per heavy atom. The maximum Gasteiger partial charge on any atom is 0.238 e. The molecule has 0 radical (unpaired) electrons. The zero-order valence-corrected chi connectivity index (χ0v) is 14.6. The largest absolute Gasteiger partial charge is 0.454 e. The summed E-state index contributed by atoms with van der Waals surface area (Å²) in [5.41, 5.74) is 1.56. The molecule has 4 rings (SSSR count). The van der Waals surface area contributed by atoms with E-state index >= 15 is 0 Å². The lowest BCUT2D eigenvalue weighted by Crippen LogP contribution is -2.13. The van der Waals surface area contributed by atoms with E-state index in [4.69, 9.17) is 14.6 Å². The van der Waals surface area contributed by atoms with Crippen LogP contribution in [0.1, 0.15) is 0 Å². The second kappa shape index (κ2) is 6.33. The average molecular weight is 389 g/mol. The maximum absolute atomic E-state index is 13.8. The SMILES string of the molecule is NS(=O)(=O)c1ccccc1-c1cc2c(cc1-c1ccc(F)c(F)c1)OCO2. The molecule has 3 aromatic carbocycles. The second-order valence-electron chi connectivity index (χ2n) is 5.92. The van der Waals surface area contributed by atoms with Crippen molar-refractivity contribution in [1.29, 1.82) is 0 Å². The van der Waals surface area contributed by atoms with Crippen molar-refractivity contribution in [3.8, 4) is 33.8 Å². The number of nitrogens with two attached hydrogens (primary N) is 1. The molecule has 0 bridgehead atoms. The molecule has 27 heavy (non-hydrogen) atoms. The van der Waals surface area contributed by atoms with Crippen molar-refractivity contribution in [2.45, 2.75) is 4.90 Å². The van der Waals surface area contributed by atoms with Gasteiger partial charge >= 0.3 is 0 Å². The van der Waals surface area contributed by atoms with Crippen LogP contribution < -0.4 is 14.6 Å². The molecular weight excluding hydrogens is 376 g/mol. The number of halogens is 2. The molecule has 0 unspecified atom stereocenters. The summed E-state index contributed by atoms with van der Waals surface area (Å²) in [7, 11) is -4.02. The van der Waals surface area contributed by atoms with Gasteiger partial charge in [0.2, 0.25) is 16.8 Å². The average Bonchev–Trinajstić information content (AvgIpc) is 3.10. The smallest absolute Gasteiger partial charge is 0.238 e. The number of primary sulfonamides is 1. The molecule has 3 aromatic rings. The first-order chi connectivity index (χ1) is 12.8. The van der Waals surface area contributed by atoms with Crippen molar-refractivity contribution in [1.82, 2.24) is 0 Å². The number of fused-ring (bicyclic) bond motifs is 1. The number of sulfonamides is 1. The van der Waals surface area contributed by atoms with E-state index in [-0.39, 0.29) is 11.7 Å². The van der Waals surface area contributed by atoms with E-state index in [0.29, 0.717) is 33.8 Å². The Bertz CT molecular complexity index is 1160. The van der Waals surface area contributed by atoms with Crippen LogP contribution in [0.5, 0.6) is 11.5 Å². The van der Waals surface area contributed by atoms with E-state index in [2.05, 4.69) is 0 Å². The van der Waals surface area contributed by atoms with Gasteiger partial charge in [0.25, 0.3) is 0 Å². The molecule has 1 aliphatic heterocycles. The molecule has 0 spiro atoms. The van der Waals surface area contributed by atoms with Gasteiger partial charge in [-0.25, -0.2) is 22.3 Å². The molecule has 8 heteroatoms. The molecule has 0 saturated carbocycles. The minimum atomic E-state index is -4.02. The van der Waals surface area contributed by atoms with Crippen LogP contribution in [0, 0.1) is 11.6 Å². The Labute approximate surface area is 154 Å². The molecule has 0 aliphatic carbocycles. The number of benzene rings is 3. The van der Waals surface area contributed by atoms with Crippen LogP contribution in [0.2, 0.25) is 0 Å². The number of hydrogen-bond acceptors (Lipinski definition) is 4. The van der Waals surface area contributed by atoms with E-state index in [9.17, 15) is 17.2 Å². The zero-order valence-electron chi connectivity index (χ0n) is 13.8. The molecule has 0 fully saturated rings. The minimum Gasteiger partial charge on any atom is -0.454 e. The fourth-order valence-corrected chi connectivity index (χ4v) is 3.76. The molecule has 0 atom stereocenters. The van der Waals surface area contributed by atoms with Crippen LogP contribution in [0.25, 0.3) is 22.3 Å². The molecular formula is C19H13F2NO4S. The highest BCUT2D eigenvalue weighted by molar-refractivity contribution is 7.89. The van der Waals surface area contributed by atoms with E-state index in [1.807, 2.05) is 0 Å². The summed E-state index contributed by atoms with van der Waals surface area (Å²) in [4.78, 5) is -0.0901. The lowest BCUT2D eigenvalue weighted by Gasteiger charge is -2.14. The second-order valence-corrected chi connectivity index (χ2v) is 7.45. The normalized spacial score (nSPS) is 13.0. The van der Waals surface area contributed by atoms with Gasteiger partial charge in [0.15, 0.2) is 23.1 Å². The predicted molar refractivity (Wildman–Crippen MR) is 94.7 cm³/mol. The van der Waals surface area contributed by atoms with Crippen molar-refractivity contribution in [3.63, 3.8) is 0 Å². The first-order valence-electron chi connectivity index (χ1n) is 7.86. The predicted octanol–water partition coefficient (Wildman–Crippen LogP) is 3.67. The monoisotopic (exact) mass is 389 g/mol. The topological polar surface area (TPSA) is 78.6 Å². The summed E-state index contributed by atoms with van der Waals surface area (Å²) >= 11 is 0. The van der Waals surface area contributed by atoms with E-state index in [1.54, 1.807) is 30.3 Å². The summed E-state index contributed by atoms with van der Waals surface area (Å²) in [6.45, 7) is 0.00679. The fourth-order valence-electron chi connectivity index (χ4n) is 3.00. The van der Waals surface area contributed by atoms with Crippen LogP contribution >= 0.6 is 0 Å². The van der Waals surface area contributed by atoms with Gasteiger partial charge in [-0.15, -0.1) is 0 Å². The van der Waals surface area contributed by atoms with Crippen molar-refractivity contribution >= 4 is 10.0 Å². The van der Waals surface area contributed by atoms with Gasteiger partial charge in [0.05, 0.1) is 4.90 Å². The molecule has 0 aromatic heterocycles. The van der Waals surface area contributed by atoms with Gasteiger partial charge in [0, 0.05) is 5.56 Å². The van der Waals surface area contributed by atoms with Crippen molar-refractivity contribution in [2.75, 3.05) is 6.79 Å². The lowest BCUT2D eigenvalue weighted by atomic mass is 9.93. The minimum absolute atomic E-state index is 0.00679. The molecule has 2 N–H and O–H groups in total. The number of hydrogen-bond donors (Lipinski definition) is 1. The van der Waals surface area contributed by atoms with E-state index in [0.717, 1.165) is 12.1 Å². The Kier molecular flexibility index (Phi) is 4.09. The standard InChI is InChI=1S/C19H13F2NO4S/c20-15-6-5-11(7-16(15)21)13-8-17-18(26-10-25-17)9-14(13)12-3-1-2-4-19(12)27(22,23)24/h1-9H,10H2,(H2,22,23,24). The van der Waals surface area contributed by atoms with Crippen molar-refractivity contribution < 1.29 is 26.7 Å². The van der Waals surface area contributed by atoms with Gasteiger partial charge in [-0.05, 0) is 47.0 Å². The first-order valence-corrected chi connectivity index (χ1v) is 9.40. The molecule has 138 valence electrons. The van der Waals surface area contributed by atoms with Gasteiger partial charge in [0.1, 0.15) is 0 Å². The molecule has 1 aliphatic rings. The highest BCUT2D eigenvalue weighted by atomic mass is 32.2. The quantitative estimate of drug-likeness (QED) is 0.741. The highest BCUT2D eigenvalue weighted by Gasteiger charge is 2.23. The van der Waals surface area contributed by atoms with E-state index in [1.165, 1.54) is 12.1 Å². The van der Waals surface area contributed by atoms with Gasteiger partial charge in [-0.3, -0.25) is 0 Å². The maximum atomic E-state index is 13.8. The van der Waals surface area contributed by atoms with Crippen LogP contribution in [-0.2, 0) is 10.0 Å². The molecule has 5 nitrogen and oxygen atoms in total. The lowest BCUT2D eigenvalue weighted by molar-refractivity contribution is 0.174. The van der Waals surface area contributed by atoms with Crippen LogP contribution in [0.3, 0.4) is 0 Å². The molecule has 0 saturated heterocycles. The summed E-state index contributed by atoms with van der Waals surface area (Å²) in [5.74, 6) is -1.16. The summed E-state index contributed by atoms with van der Waals surface area (Å²) in [6.07, 6.45) is 0. The van der Waals surface area contributed by atoms with Gasteiger partial charge in [-0.2, -0.15) is 0 Å². The first kappa shape index (κ1) is 17.4. The fraction of sp³-hybridized carbons (Fsp3) is 0.0526. The molecule has 1 heterocycles. The zero-order chi connectivity index (χ0) is 19.2. The Morgan fingerprint density at radius 1 is 0.815 bits per heavy atom. The van der Waals surface area contributed by atoms with Crippen LogP contribution in [0.4, 0.5) is 8.78 Å². The Balaban J connectivity index is 2.03. The summed E-state index contributed by atoms with van der Waals surface area (Å²) in [5, 5.41) is 5.35. The summed E-state index contributed by atoms with van der Waals surface area (Å²) < 4.78 is 61.9. The van der Waals surface area contributed by atoms with Crippen molar-refractivity contribution in [3.05, 3.63) is 66.2 Å². The number of ether oxygens (including phenoxy) is 2. The Hall–Kier alpha value is -2.97. The third-order valence-corrected chi connectivity index (χ3v) is 5.20. The van der Waals surface area contributed by atoms with Crippen molar-refractivity contribution in [2.24, 2.45) is 5.14 Å². The van der Waals surface area contributed by atoms with E-state index < -0.39 is 21.7 Å². The third-order valence-electron chi connectivity index (χ3n) is 4.23. The molecule has 0 amide bonds. The van der Waals surface area contributed by atoms with Gasteiger partial charge in [-0.1, -0.05) is 24.3 Å². The number of rotatable bonds is 3. The summed E-state index contributed by atoms with van der Waals surface area (Å²) in [6, 6.07) is 12.8. The van der Waals surface area contributed by atoms with Gasteiger partial charge < -0.3 is 9.47 Å². The van der Waals surface area contributed by atoms with Crippen LogP contribution in [-0.4, -0.2) is 15.2 Å². The highest BCUT2D eigenvalue weighted by Crippen LogP contribution is 2.44. The van der Waals surface area contributed by atoms with Crippen LogP contribution in [0.15, 0.2) is 59.5 Å². The Morgan fingerprint density at radius 2 is 1.48 bits per heavy atom.